The van der Waals surface area contributed by atoms with E-state index in [-0.39, 0.29) is 24.4 Å². The highest BCUT2D eigenvalue weighted by Gasteiger charge is 2.47. The largest absolute Gasteiger partial charge is 0.497 e. The number of benzene rings is 2. The molecular formula is C21H23ClN6O2. The van der Waals surface area contributed by atoms with E-state index in [0.717, 1.165) is 30.9 Å². The Kier molecular flexibility index (Phi) is 5.69. The Hall–Kier alpha value is -2.97. The summed E-state index contributed by atoms with van der Waals surface area (Å²) in [7, 11) is 1.66. The van der Waals surface area contributed by atoms with Crippen LogP contribution in [0.5, 0.6) is 5.75 Å². The van der Waals surface area contributed by atoms with E-state index < -0.39 is 0 Å². The van der Waals surface area contributed by atoms with Crippen LogP contribution in [0.2, 0.25) is 0 Å². The van der Waals surface area contributed by atoms with E-state index >= 15 is 0 Å². The van der Waals surface area contributed by atoms with Crippen LogP contribution in [0, 0.1) is 11.8 Å². The molecule has 0 aliphatic carbocycles. The number of amides is 1. The van der Waals surface area contributed by atoms with E-state index in [4.69, 9.17) is 4.74 Å². The van der Waals surface area contributed by atoms with Crippen molar-refractivity contribution in [2.75, 3.05) is 26.7 Å². The molecule has 1 amide bonds. The number of tetrazole rings is 1. The number of hydrogen-bond donors (Lipinski definition) is 2. The van der Waals surface area contributed by atoms with Crippen LogP contribution in [-0.2, 0) is 0 Å². The van der Waals surface area contributed by atoms with Gasteiger partial charge < -0.3 is 15.0 Å². The van der Waals surface area contributed by atoms with Crippen molar-refractivity contribution < 1.29 is 9.53 Å². The summed E-state index contributed by atoms with van der Waals surface area (Å²) in [6.45, 7) is 2.58. The molecule has 2 saturated heterocycles. The van der Waals surface area contributed by atoms with Gasteiger partial charge in [-0.3, -0.25) is 4.79 Å². The molecule has 2 fully saturated rings. The third kappa shape index (κ3) is 3.42. The summed E-state index contributed by atoms with van der Waals surface area (Å²) in [6.07, 6.45) is 0. The SMILES string of the molecule is COc1ccc([C@H]2[C@H]3CNC[C@H]3CN2C(=O)c2ccccc2-c2nn[nH]n2)cc1.Cl. The molecule has 156 valence electrons. The average molecular weight is 427 g/mol. The Balaban J connectivity index is 0.00000218. The van der Waals surface area contributed by atoms with Crippen molar-refractivity contribution in [3.63, 3.8) is 0 Å². The van der Waals surface area contributed by atoms with Crippen LogP contribution in [0.4, 0.5) is 0 Å². The van der Waals surface area contributed by atoms with Crippen LogP contribution in [0.1, 0.15) is 22.0 Å². The molecule has 3 atom stereocenters. The highest BCUT2D eigenvalue weighted by Crippen LogP contribution is 2.44. The van der Waals surface area contributed by atoms with E-state index in [1.54, 1.807) is 7.11 Å². The minimum atomic E-state index is 0. The maximum absolute atomic E-state index is 13.7. The van der Waals surface area contributed by atoms with Gasteiger partial charge in [0.1, 0.15) is 5.75 Å². The second-order valence-corrected chi connectivity index (χ2v) is 7.54. The fourth-order valence-corrected chi connectivity index (χ4v) is 4.65. The van der Waals surface area contributed by atoms with Crippen molar-refractivity contribution in [1.29, 1.82) is 0 Å². The lowest BCUT2D eigenvalue weighted by molar-refractivity contribution is 0.0715. The number of carbonyl (C=O) groups is 1. The van der Waals surface area contributed by atoms with Crippen molar-refractivity contribution in [3.8, 4) is 17.1 Å². The van der Waals surface area contributed by atoms with Gasteiger partial charge in [-0.15, -0.1) is 22.6 Å². The number of likely N-dealkylation sites (tertiary alicyclic amines) is 1. The quantitative estimate of drug-likeness (QED) is 0.664. The first-order valence-electron chi connectivity index (χ1n) is 9.74. The number of hydrogen-bond acceptors (Lipinski definition) is 6. The molecule has 2 aromatic carbocycles. The number of carbonyl (C=O) groups excluding carboxylic acids is 1. The van der Waals surface area contributed by atoms with Gasteiger partial charge in [0.05, 0.1) is 18.7 Å². The van der Waals surface area contributed by atoms with Crippen molar-refractivity contribution in [2.45, 2.75) is 6.04 Å². The van der Waals surface area contributed by atoms with Crippen LogP contribution in [0.25, 0.3) is 11.4 Å². The zero-order valence-electron chi connectivity index (χ0n) is 16.5. The molecule has 30 heavy (non-hydrogen) atoms. The number of nitrogens with one attached hydrogen (secondary N) is 2. The van der Waals surface area contributed by atoms with Gasteiger partial charge >= 0.3 is 0 Å². The van der Waals surface area contributed by atoms with E-state index in [0.29, 0.717) is 28.8 Å². The van der Waals surface area contributed by atoms with Gasteiger partial charge in [-0.25, -0.2) is 0 Å². The standard InChI is InChI=1S/C21H22N6O2.ClH/c1-29-15-8-6-13(7-9-15)19-18-11-22-10-14(18)12-27(19)21(28)17-5-3-2-4-16(17)20-23-25-26-24-20;/h2-9,14,18-19,22H,10-12H2,1H3,(H,23,24,25,26);1H/t14-,18-,19-;/m0./s1. The molecule has 1 aromatic heterocycles. The van der Waals surface area contributed by atoms with Gasteiger partial charge in [-0.1, -0.05) is 30.3 Å². The lowest BCUT2D eigenvalue weighted by atomic mass is 9.89. The Morgan fingerprint density at radius 2 is 1.93 bits per heavy atom. The minimum Gasteiger partial charge on any atom is -0.497 e. The number of aromatic nitrogens is 4. The van der Waals surface area contributed by atoms with E-state index in [1.165, 1.54) is 0 Å². The molecular weight excluding hydrogens is 404 g/mol. The molecule has 0 saturated carbocycles. The summed E-state index contributed by atoms with van der Waals surface area (Å²) in [6, 6.07) is 15.5. The fraction of sp³-hybridized carbons (Fsp3) is 0.333. The van der Waals surface area contributed by atoms with Crippen LogP contribution in [0.3, 0.4) is 0 Å². The molecule has 3 aromatic rings. The number of methoxy groups -OCH3 is 1. The van der Waals surface area contributed by atoms with Crippen molar-refractivity contribution >= 4 is 18.3 Å². The first kappa shape index (κ1) is 20.3. The molecule has 0 radical (unpaired) electrons. The third-order valence-electron chi connectivity index (χ3n) is 6.03. The van der Waals surface area contributed by atoms with Gasteiger partial charge in [0.15, 0.2) is 0 Å². The monoisotopic (exact) mass is 426 g/mol. The molecule has 0 bridgehead atoms. The zero-order valence-corrected chi connectivity index (χ0v) is 17.3. The van der Waals surface area contributed by atoms with Crippen molar-refractivity contribution in [2.24, 2.45) is 11.8 Å². The van der Waals surface area contributed by atoms with Crippen LogP contribution < -0.4 is 10.1 Å². The summed E-state index contributed by atoms with van der Waals surface area (Å²) < 4.78 is 5.30. The first-order valence-corrected chi connectivity index (χ1v) is 9.74. The predicted molar refractivity (Wildman–Crippen MR) is 113 cm³/mol. The van der Waals surface area contributed by atoms with Gasteiger partial charge in [0.25, 0.3) is 5.91 Å². The summed E-state index contributed by atoms with van der Waals surface area (Å²) in [4.78, 5) is 15.7. The summed E-state index contributed by atoms with van der Waals surface area (Å²) >= 11 is 0. The number of fused-ring (bicyclic) bond motifs is 1. The van der Waals surface area contributed by atoms with Crippen LogP contribution in [0.15, 0.2) is 48.5 Å². The van der Waals surface area contributed by atoms with E-state index in [1.807, 2.05) is 41.3 Å². The number of H-pyrrole nitrogens is 1. The van der Waals surface area contributed by atoms with Crippen LogP contribution >= 0.6 is 12.4 Å². The topological polar surface area (TPSA) is 96.0 Å². The maximum Gasteiger partial charge on any atom is 0.255 e. The first-order chi connectivity index (χ1) is 14.3. The normalized spacial score (nSPS) is 22.4. The van der Waals surface area contributed by atoms with E-state index in [9.17, 15) is 4.79 Å². The lowest BCUT2D eigenvalue weighted by Gasteiger charge is -2.29. The van der Waals surface area contributed by atoms with Gasteiger partial charge in [0, 0.05) is 31.1 Å². The molecule has 9 heteroatoms. The fourth-order valence-electron chi connectivity index (χ4n) is 4.65. The molecule has 0 spiro atoms. The molecule has 5 rings (SSSR count). The number of aromatic amines is 1. The van der Waals surface area contributed by atoms with E-state index in [2.05, 4.69) is 38.1 Å². The third-order valence-corrected chi connectivity index (χ3v) is 6.03. The molecule has 2 N–H and O–H groups in total. The number of rotatable bonds is 4. The molecule has 0 unspecified atom stereocenters. The summed E-state index contributed by atoms with van der Waals surface area (Å²) in [5.41, 5.74) is 2.42. The smallest absolute Gasteiger partial charge is 0.255 e. The highest BCUT2D eigenvalue weighted by molar-refractivity contribution is 6.00. The Bertz CT molecular complexity index is 1010. The molecule has 2 aliphatic rings. The summed E-state index contributed by atoms with van der Waals surface area (Å²) in [5.74, 6) is 2.08. The zero-order chi connectivity index (χ0) is 19.8. The maximum atomic E-state index is 13.7. The molecule has 3 heterocycles. The number of halogens is 1. The Labute approximate surface area is 180 Å². The Morgan fingerprint density at radius 3 is 2.67 bits per heavy atom. The van der Waals surface area contributed by atoms with Crippen molar-refractivity contribution in [3.05, 3.63) is 59.7 Å². The number of ether oxygens (including phenoxy) is 1. The van der Waals surface area contributed by atoms with Crippen LogP contribution in [-0.4, -0.2) is 58.2 Å². The minimum absolute atomic E-state index is 0. The molecule has 2 aliphatic heterocycles. The van der Waals surface area contributed by atoms with Crippen molar-refractivity contribution in [1.82, 2.24) is 30.8 Å². The van der Waals surface area contributed by atoms with Gasteiger partial charge in [-0.2, -0.15) is 5.21 Å². The average Bonchev–Trinajstić information content (AvgIpc) is 3.50. The highest BCUT2D eigenvalue weighted by atomic mass is 35.5. The molecule has 8 nitrogen and oxygen atoms in total. The Morgan fingerprint density at radius 1 is 1.13 bits per heavy atom. The van der Waals surface area contributed by atoms with Gasteiger partial charge in [0.2, 0.25) is 5.82 Å². The second kappa shape index (κ2) is 8.41. The predicted octanol–water partition coefficient (Wildman–Crippen LogP) is 2.33. The number of nitrogens with zero attached hydrogens (tertiary/aromatic N) is 4. The van der Waals surface area contributed by atoms with Gasteiger partial charge in [-0.05, 0) is 34.9 Å². The second-order valence-electron chi connectivity index (χ2n) is 7.54. The summed E-state index contributed by atoms with van der Waals surface area (Å²) in [5, 5.41) is 17.7. The lowest BCUT2D eigenvalue weighted by Crippen LogP contribution is -2.35.